The van der Waals surface area contributed by atoms with Gasteiger partial charge in [-0.25, -0.2) is 5.43 Å². The fourth-order valence-corrected chi connectivity index (χ4v) is 2.75. The van der Waals surface area contributed by atoms with Gasteiger partial charge < -0.3 is 10.4 Å². The molecule has 3 N–H and O–H groups in total. The maximum Gasteiger partial charge on any atom is 0.303 e. The van der Waals surface area contributed by atoms with Crippen molar-refractivity contribution in [1.29, 1.82) is 0 Å². The van der Waals surface area contributed by atoms with Gasteiger partial charge in [0.2, 0.25) is 11.8 Å². The van der Waals surface area contributed by atoms with Crippen LogP contribution in [0.5, 0.6) is 0 Å². The van der Waals surface area contributed by atoms with Crippen molar-refractivity contribution < 1.29 is 19.5 Å². The Kier molecular flexibility index (Phi) is 12.0. The van der Waals surface area contributed by atoms with E-state index in [1.807, 2.05) is 19.1 Å². The Bertz CT molecular complexity index is 684. The minimum atomic E-state index is -0.906. The number of hydrogen-bond acceptors (Lipinski definition) is 4. The molecule has 0 aromatic heterocycles. The number of nitrogens with one attached hydrogen (secondary N) is 2. The van der Waals surface area contributed by atoms with Gasteiger partial charge in [-0.1, -0.05) is 51.2 Å². The number of aliphatic carboxylic acids is 1. The molecule has 1 aromatic carbocycles. The molecule has 0 aliphatic carbocycles. The molecule has 7 heteroatoms. The molecule has 0 unspecified atom stereocenters. The SMILES string of the molecule is CCCCCCCCC(=O)NN=C(C)c1ccc(NC(=O)CCCC(=O)O)cc1. The predicted molar refractivity (Wildman–Crippen MR) is 115 cm³/mol. The van der Waals surface area contributed by atoms with E-state index in [-0.39, 0.29) is 24.7 Å². The highest BCUT2D eigenvalue weighted by Crippen LogP contribution is 2.12. The molecule has 0 radical (unpaired) electrons. The fraction of sp³-hybridized carbons (Fsp3) is 0.545. The van der Waals surface area contributed by atoms with Gasteiger partial charge in [-0.3, -0.25) is 14.4 Å². The average Bonchev–Trinajstić information content (AvgIpc) is 2.69. The number of nitrogens with zero attached hydrogens (tertiary/aromatic N) is 1. The number of hydrogen-bond donors (Lipinski definition) is 3. The number of amides is 2. The second kappa shape index (κ2) is 14.3. The van der Waals surface area contributed by atoms with Crippen LogP contribution in [0.15, 0.2) is 29.4 Å². The van der Waals surface area contributed by atoms with E-state index in [2.05, 4.69) is 22.8 Å². The van der Waals surface area contributed by atoms with Crippen LogP contribution in [0.1, 0.15) is 83.6 Å². The number of hydrazone groups is 1. The van der Waals surface area contributed by atoms with Gasteiger partial charge in [0.05, 0.1) is 5.71 Å². The Hall–Kier alpha value is -2.70. The van der Waals surface area contributed by atoms with Gasteiger partial charge in [-0.15, -0.1) is 0 Å². The summed E-state index contributed by atoms with van der Waals surface area (Å²) in [5, 5.41) is 15.5. The minimum Gasteiger partial charge on any atom is -0.481 e. The van der Waals surface area contributed by atoms with E-state index >= 15 is 0 Å². The van der Waals surface area contributed by atoms with Gasteiger partial charge in [-0.2, -0.15) is 5.10 Å². The molecule has 0 bridgehead atoms. The number of carboxylic acid groups (broad SMARTS) is 1. The lowest BCUT2D eigenvalue weighted by molar-refractivity contribution is -0.137. The van der Waals surface area contributed by atoms with Gasteiger partial charge in [-0.05, 0) is 37.5 Å². The van der Waals surface area contributed by atoms with Crippen molar-refractivity contribution in [3.63, 3.8) is 0 Å². The van der Waals surface area contributed by atoms with Crippen molar-refractivity contribution in [3.05, 3.63) is 29.8 Å². The highest BCUT2D eigenvalue weighted by atomic mass is 16.4. The van der Waals surface area contributed by atoms with E-state index in [0.29, 0.717) is 24.2 Å². The van der Waals surface area contributed by atoms with E-state index in [1.54, 1.807) is 12.1 Å². The zero-order valence-electron chi connectivity index (χ0n) is 17.5. The molecule has 0 saturated carbocycles. The van der Waals surface area contributed by atoms with Crippen LogP contribution in [0.25, 0.3) is 0 Å². The van der Waals surface area contributed by atoms with Crippen molar-refractivity contribution in [2.45, 2.75) is 78.1 Å². The van der Waals surface area contributed by atoms with E-state index < -0.39 is 5.97 Å². The number of rotatable bonds is 14. The fourth-order valence-electron chi connectivity index (χ4n) is 2.75. The van der Waals surface area contributed by atoms with Crippen LogP contribution in [0, 0.1) is 0 Å². The largest absolute Gasteiger partial charge is 0.481 e. The van der Waals surface area contributed by atoms with Crippen LogP contribution in [0.4, 0.5) is 5.69 Å². The molecule has 0 saturated heterocycles. The summed E-state index contributed by atoms with van der Waals surface area (Å²) < 4.78 is 0. The first kappa shape index (κ1) is 24.3. The molecule has 1 rings (SSSR count). The molecule has 2 amide bonds. The highest BCUT2D eigenvalue weighted by molar-refractivity contribution is 6.00. The second-order valence-electron chi connectivity index (χ2n) is 7.12. The van der Waals surface area contributed by atoms with Crippen molar-refractivity contribution in [3.8, 4) is 0 Å². The van der Waals surface area contributed by atoms with Gasteiger partial charge in [0, 0.05) is 24.9 Å². The molecule has 7 nitrogen and oxygen atoms in total. The minimum absolute atomic E-state index is 0.0212. The number of anilines is 1. The molecule has 160 valence electrons. The second-order valence-corrected chi connectivity index (χ2v) is 7.12. The summed E-state index contributed by atoms with van der Waals surface area (Å²) in [6.07, 6.45) is 7.76. The molecule has 29 heavy (non-hydrogen) atoms. The van der Waals surface area contributed by atoms with Crippen LogP contribution >= 0.6 is 0 Å². The molecule has 0 heterocycles. The van der Waals surface area contributed by atoms with E-state index in [4.69, 9.17) is 5.11 Å². The molecule has 1 aromatic rings. The Balaban J connectivity index is 2.36. The monoisotopic (exact) mass is 403 g/mol. The summed E-state index contributed by atoms with van der Waals surface area (Å²) in [4.78, 5) is 34.1. The standard InChI is InChI=1S/C22H33N3O4/c1-3-4-5-6-7-8-10-21(27)25-24-17(2)18-13-15-19(16-14-18)23-20(26)11-9-12-22(28)29/h13-16H,3-12H2,1-2H3,(H,23,26)(H,25,27)(H,28,29). The van der Waals surface area contributed by atoms with E-state index in [1.165, 1.54) is 25.7 Å². The zero-order chi connectivity index (χ0) is 21.5. The van der Waals surface area contributed by atoms with E-state index in [9.17, 15) is 14.4 Å². The lowest BCUT2D eigenvalue weighted by atomic mass is 10.1. The van der Waals surface area contributed by atoms with Gasteiger partial charge >= 0.3 is 5.97 Å². The molecular formula is C22H33N3O4. The van der Waals surface area contributed by atoms with Crippen molar-refractivity contribution >= 4 is 29.2 Å². The summed E-state index contributed by atoms with van der Waals surface area (Å²) in [6.45, 7) is 3.99. The Morgan fingerprint density at radius 1 is 0.862 bits per heavy atom. The zero-order valence-corrected chi connectivity index (χ0v) is 17.5. The third-order valence-corrected chi connectivity index (χ3v) is 4.49. The quantitative estimate of drug-likeness (QED) is 0.242. The molecule has 0 aliphatic rings. The summed E-state index contributed by atoms with van der Waals surface area (Å²) in [6, 6.07) is 7.13. The lowest BCUT2D eigenvalue weighted by Gasteiger charge is -2.07. The smallest absolute Gasteiger partial charge is 0.303 e. The van der Waals surface area contributed by atoms with Crippen molar-refractivity contribution in [2.24, 2.45) is 5.10 Å². The van der Waals surface area contributed by atoms with Gasteiger partial charge in [0.1, 0.15) is 0 Å². The van der Waals surface area contributed by atoms with Crippen LogP contribution < -0.4 is 10.7 Å². The molecular weight excluding hydrogens is 370 g/mol. The lowest BCUT2D eigenvalue weighted by Crippen LogP contribution is -2.18. The first-order valence-electron chi connectivity index (χ1n) is 10.4. The van der Waals surface area contributed by atoms with E-state index in [0.717, 1.165) is 18.4 Å². The third-order valence-electron chi connectivity index (χ3n) is 4.49. The summed E-state index contributed by atoms with van der Waals surface area (Å²) >= 11 is 0. The Labute approximate surface area is 173 Å². The van der Waals surface area contributed by atoms with Crippen LogP contribution in [-0.4, -0.2) is 28.6 Å². The summed E-state index contributed by atoms with van der Waals surface area (Å²) in [5.74, 6) is -1.20. The van der Waals surface area contributed by atoms with Crippen LogP contribution in [0.3, 0.4) is 0 Å². The van der Waals surface area contributed by atoms with Crippen molar-refractivity contribution in [2.75, 3.05) is 5.32 Å². The first-order chi connectivity index (χ1) is 13.9. The molecule has 0 fully saturated rings. The highest BCUT2D eigenvalue weighted by Gasteiger charge is 2.06. The molecule has 0 atom stereocenters. The van der Waals surface area contributed by atoms with Crippen LogP contribution in [-0.2, 0) is 14.4 Å². The normalized spacial score (nSPS) is 11.2. The third kappa shape index (κ3) is 11.7. The predicted octanol–water partition coefficient (Wildman–Crippen LogP) is 4.47. The average molecular weight is 404 g/mol. The Morgan fingerprint density at radius 3 is 2.14 bits per heavy atom. The molecule has 0 aliphatic heterocycles. The maximum absolute atomic E-state index is 11.9. The van der Waals surface area contributed by atoms with Crippen molar-refractivity contribution in [1.82, 2.24) is 5.43 Å². The number of carbonyl (C=O) groups excluding carboxylic acids is 2. The maximum atomic E-state index is 11.9. The summed E-state index contributed by atoms with van der Waals surface area (Å²) in [5.41, 5.74) is 4.75. The molecule has 0 spiro atoms. The topological polar surface area (TPSA) is 108 Å². The number of carbonyl (C=O) groups is 3. The number of unbranched alkanes of at least 4 members (excludes halogenated alkanes) is 5. The van der Waals surface area contributed by atoms with Crippen LogP contribution in [0.2, 0.25) is 0 Å². The Morgan fingerprint density at radius 2 is 1.48 bits per heavy atom. The first-order valence-corrected chi connectivity index (χ1v) is 10.4. The summed E-state index contributed by atoms with van der Waals surface area (Å²) in [7, 11) is 0. The number of benzene rings is 1. The van der Waals surface area contributed by atoms with Gasteiger partial charge in [0.25, 0.3) is 0 Å². The van der Waals surface area contributed by atoms with Gasteiger partial charge in [0.15, 0.2) is 0 Å². The number of carboxylic acids is 1.